The molecular weight excluding hydrogens is 404 g/mol. The first-order valence-corrected chi connectivity index (χ1v) is 13.5. The minimum atomic E-state index is -0.155. The first-order valence-electron chi connectivity index (χ1n) is 13.5. The molecule has 1 aromatic carbocycles. The van der Waals surface area contributed by atoms with E-state index in [1.54, 1.807) is 0 Å². The standard InChI is InChI=1S/C31H46O2/c1-22(2)12-9-13-23(3)14-10-15-24(4)16-11-20-31(6)21-19-26-25(5)29(32)27-17-7-8-18-28(27)30(26)33-31/h7-8,17-18,22-24H,5,9-16,19-21H2,1-4,6H3. The van der Waals surface area contributed by atoms with Crippen LogP contribution < -0.4 is 0 Å². The van der Waals surface area contributed by atoms with E-state index >= 15 is 0 Å². The van der Waals surface area contributed by atoms with Crippen LogP contribution in [-0.4, -0.2) is 11.4 Å². The predicted molar refractivity (Wildman–Crippen MR) is 140 cm³/mol. The van der Waals surface area contributed by atoms with E-state index in [1.165, 1.54) is 51.4 Å². The summed E-state index contributed by atoms with van der Waals surface area (Å²) in [5.74, 6) is 3.45. The zero-order valence-corrected chi connectivity index (χ0v) is 21.8. The Morgan fingerprint density at radius 1 is 0.909 bits per heavy atom. The van der Waals surface area contributed by atoms with Crippen molar-refractivity contribution in [3.05, 3.63) is 53.1 Å². The molecule has 0 amide bonds. The summed E-state index contributed by atoms with van der Waals surface area (Å²) in [6.07, 6.45) is 13.6. The summed E-state index contributed by atoms with van der Waals surface area (Å²) in [7, 11) is 0. The third-order valence-corrected chi connectivity index (χ3v) is 7.86. The highest BCUT2D eigenvalue weighted by Crippen LogP contribution is 2.45. The normalized spacial score (nSPS) is 22.1. The monoisotopic (exact) mass is 450 g/mol. The average Bonchev–Trinajstić information content (AvgIpc) is 2.77. The SMILES string of the molecule is C=C1C(=O)c2ccccc2C2=C1CCC(C)(CCCC(C)CCCC(C)CCCC(C)C)O2. The van der Waals surface area contributed by atoms with E-state index in [0.29, 0.717) is 5.57 Å². The highest BCUT2D eigenvalue weighted by atomic mass is 16.5. The van der Waals surface area contributed by atoms with Gasteiger partial charge < -0.3 is 4.74 Å². The molecule has 0 fully saturated rings. The fourth-order valence-electron chi connectivity index (χ4n) is 5.52. The Morgan fingerprint density at radius 3 is 2.12 bits per heavy atom. The second-order valence-electron chi connectivity index (χ2n) is 11.6. The molecule has 3 atom stereocenters. The number of carbonyl (C=O) groups is 1. The Kier molecular flexibility index (Phi) is 9.02. The zero-order valence-electron chi connectivity index (χ0n) is 21.8. The molecule has 1 heterocycles. The van der Waals surface area contributed by atoms with Gasteiger partial charge in [-0.2, -0.15) is 0 Å². The predicted octanol–water partition coefficient (Wildman–Crippen LogP) is 9.16. The Balaban J connectivity index is 1.44. The molecule has 0 saturated carbocycles. The molecule has 182 valence electrons. The van der Waals surface area contributed by atoms with E-state index in [1.807, 2.05) is 24.3 Å². The van der Waals surface area contributed by atoms with E-state index in [-0.39, 0.29) is 11.4 Å². The number of ketones is 1. The van der Waals surface area contributed by atoms with Crippen molar-refractivity contribution in [3.8, 4) is 0 Å². The van der Waals surface area contributed by atoms with Crippen molar-refractivity contribution < 1.29 is 9.53 Å². The molecule has 1 aliphatic heterocycles. The average molecular weight is 451 g/mol. The maximum Gasteiger partial charge on any atom is 0.193 e. The molecular formula is C31H46O2. The Bertz CT molecular complexity index is 861. The minimum absolute atomic E-state index is 0.0552. The molecule has 33 heavy (non-hydrogen) atoms. The van der Waals surface area contributed by atoms with Crippen LogP contribution in [0.15, 0.2) is 42.0 Å². The number of allylic oxidation sites excluding steroid dienone is 2. The van der Waals surface area contributed by atoms with Crippen molar-refractivity contribution in [2.45, 2.75) is 111 Å². The van der Waals surface area contributed by atoms with E-state index < -0.39 is 0 Å². The lowest BCUT2D eigenvalue weighted by molar-refractivity contribution is 0.0260. The van der Waals surface area contributed by atoms with Gasteiger partial charge >= 0.3 is 0 Å². The second kappa shape index (κ2) is 11.5. The number of rotatable bonds is 12. The smallest absolute Gasteiger partial charge is 0.193 e. The molecule has 0 saturated heterocycles. The highest BCUT2D eigenvalue weighted by Gasteiger charge is 2.38. The maximum absolute atomic E-state index is 12.7. The first kappa shape index (κ1) is 25.8. The number of Topliss-reactive ketones (excluding diaryl/α,β-unsaturated/α-hetero) is 1. The molecule has 2 aliphatic rings. The molecule has 1 aromatic rings. The number of benzene rings is 1. The van der Waals surface area contributed by atoms with Crippen molar-refractivity contribution in [1.29, 1.82) is 0 Å². The van der Waals surface area contributed by atoms with Crippen LogP contribution in [0.1, 0.15) is 121 Å². The van der Waals surface area contributed by atoms with Gasteiger partial charge in [0.2, 0.25) is 0 Å². The van der Waals surface area contributed by atoms with Gasteiger partial charge in [-0.25, -0.2) is 0 Å². The van der Waals surface area contributed by atoms with Crippen molar-refractivity contribution in [3.63, 3.8) is 0 Å². The lowest BCUT2D eigenvalue weighted by Crippen LogP contribution is -2.34. The van der Waals surface area contributed by atoms with Gasteiger partial charge in [0.25, 0.3) is 0 Å². The molecule has 1 aliphatic carbocycles. The van der Waals surface area contributed by atoms with Crippen LogP contribution in [0, 0.1) is 17.8 Å². The summed E-state index contributed by atoms with van der Waals surface area (Å²) >= 11 is 0. The number of carbonyl (C=O) groups excluding carboxylic acids is 1. The molecule has 3 unspecified atom stereocenters. The lowest BCUT2D eigenvalue weighted by Gasteiger charge is -2.40. The van der Waals surface area contributed by atoms with Gasteiger partial charge in [-0.15, -0.1) is 0 Å². The summed E-state index contributed by atoms with van der Waals surface area (Å²) in [5, 5.41) is 0. The molecule has 0 radical (unpaired) electrons. The summed E-state index contributed by atoms with van der Waals surface area (Å²) in [5.41, 5.74) is 3.17. The van der Waals surface area contributed by atoms with Gasteiger partial charge in [0.15, 0.2) is 5.78 Å². The maximum atomic E-state index is 12.7. The number of ether oxygens (including phenoxy) is 1. The first-order chi connectivity index (χ1) is 15.7. The molecule has 0 bridgehead atoms. The third kappa shape index (κ3) is 6.84. The number of fused-ring (bicyclic) bond motifs is 2. The van der Waals surface area contributed by atoms with E-state index in [9.17, 15) is 4.79 Å². The second-order valence-corrected chi connectivity index (χ2v) is 11.6. The number of hydrogen-bond acceptors (Lipinski definition) is 2. The van der Waals surface area contributed by atoms with Crippen molar-refractivity contribution in [2.24, 2.45) is 17.8 Å². The topological polar surface area (TPSA) is 26.3 Å². The molecule has 0 aromatic heterocycles. The fourth-order valence-corrected chi connectivity index (χ4v) is 5.52. The molecule has 2 nitrogen and oxygen atoms in total. The van der Waals surface area contributed by atoms with Gasteiger partial charge in [0.05, 0.1) is 0 Å². The van der Waals surface area contributed by atoms with E-state index in [4.69, 9.17) is 4.74 Å². The fraction of sp³-hybridized carbons (Fsp3) is 0.645. The molecule has 0 N–H and O–H groups in total. The van der Waals surface area contributed by atoms with Gasteiger partial charge in [-0.05, 0) is 50.4 Å². The number of hydrogen-bond donors (Lipinski definition) is 0. The summed E-state index contributed by atoms with van der Waals surface area (Å²) < 4.78 is 6.64. The van der Waals surface area contributed by atoms with Crippen LogP contribution in [0.5, 0.6) is 0 Å². The van der Waals surface area contributed by atoms with Gasteiger partial charge in [0, 0.05) is 22.3 Å². The largest absolute Gasteiger partial charge is 0.487 e. The van der Waals surface area contributed by atoms with E-state index in [2.05, 4.69) is 41.2 Å². The Morgan fingerprint density at radius 2 is 1.48 bits per heavy atom. The van der Waals surface area contributed by atoms with E-state index in [0.717, 1.165) is 59.5 Å². The van der Waals surface area contributed by atoms with Crippen LogP contribution in [0.3, 0.4) is 0 Å². The van der Waals surface area contributed by atoms with Crippen molar-refractivity contribution >= 4 is 11.5 Å². The summed E-state index contributed by atoms with van der Waals surface area (Å²) in [6, 6.07) is 7.83. The van der Waals surface area contributed by atoms with Gasteiger partial charge in [-0.3, -0.25) is 4.79 Å². The van der Waals surface area contributed by atoms with Crippen molar-refractivity contribution in [1.82, 2.24) is 0 Å². The van der Waals surface area contributed by atoms with Gasteiger partial charge in [-0.1, -0.05) is 103 Å². The summed E-state index contributed by atoms with van der Waals surface area (Å²) in [6.45, 7) is 15.8. The molecule has 2 heteroatoms. The van der Waals surface area contributed by atoms with Crippen LogP contribution in [0.25, 0.3) is 5.76 Å². The van der Waals surface area contributed by atoms with Crippen LogP contribution >= 0.6 is 0 Å². The summed E-state index contributed by atoms with van der Waals surface area (Å²) in [4.78, 5) is 12.7. The van der Waals surface area contributed by atoms with Crippen LogP contribution in [0.2, 0.25) is 0 Å². The van der Waals surface area contributed by atoms with Crippen LogP contribution in [-0.2, 0) is 4.74 Å². The van der Waals surface area contributed by atoms with Crippen LogP contribution in [0.4, 0.5) is 0 Å². The zero-order chi connectivity index (χ0) is 24.0. The highest BCUT2D eigenvalue weighted by molar-refractivity contribution is 6.17. The lowest BCUT2D eigenvalue weighted by atomic mass is 9.79. The van der Waals surface area contributed by atoms with Gasteiger partial charge in [0.1, 0.15) is 11.4 Å². The molecule has 3 rings (SSSR count). The minimum Gasteiger partial charge on any atom is -0.487 e. The molecule has 0 spiro atoms. The Hall–Kier alpha value is -1.83. The van der Waals surface area contributed by atoms with Crippen molar-refractivity contribution in [2.75, 3.05) is 0 Å². The third-order valence-electron chi connectivity index (χ3n) is 7.86. The quantitative estimate of drug-likeness (QED) is 0.297. The Labute approximate surface area is 202 Å².